The van der Waals surface area contributed by atoms with Crippen molar-refractivity contribution in [1.29, 1.82) is 0 Å². The highest BCUT2D eigenvalue weighted by Gasteiger charge is 2.54. The van der Waals surface area contributed by atoms with Crippen LogP contribution in [0.3, 0.4) is 0 Å². The molecule has 5 aliphatic heterocycles. The van der Waals surface area contributed by atoms with E-state index in [0.717, 1.165) is 0 Å². The number of fused-ring (bicyclic) bond motifs is 10. The Kier molecular flexibility index (Phi) is 8.46. The molecule has 3 saturated heterocycles. The molecular formula is C24H24F2N8O10P2S2. The lowest BCUT2D eigenvalue weighted by Crippen LogP contribution is -2.36. The number of hydrogen-bond donors (Lipinski definition) is 2. The average molecular weight is 749 g/mol. The SMILES string of the molecule is O=[P@@]1(S)OCC2O[C@@H]3[C@H](F)[C@@H]2O[P@](=O)(S)OCC2O[C@H]([C@H](F)[C@@H]2O1)n1cnc2c(ncnc21)OC/C=C/COc1ncnc2c1ncn23. The second-order valence-electron chi connectivity index (χ2n) is 10.8. The topological polar surface area (TPSA) is 195 Å². The predicted octanol–water partition coefficient (Wildman–Crippen LogP) is 3.36. The quantitative estimate of drug-likeness (QED) is 0.151. The van der Waals surface area contributed by atoms with Gasteiger partial charge < -0.3 is 18.9 Å². The first-order chi connectivity index (χ1) is 23.1. The van der Waals surface area contributed by atoms with Crippen molar-refractivity contribution in [1.82, 2.24) is 39.0 Å². The number of nitrogens with zero attached hydrogens (tertiary/aromatic N) is 8. The molecule has 24 heteroatoms. The van der Waals surface area contributed by atoms with Crippen LogP contribution < -0.4 is 9.47 Å². The first-order valence-electron chi connectivity index (χ1n) is 14.2. The summed E-state index contributed by atoms with van der Waals surface area (Å²) in [5, 5.41) is 0. The molecule has 9 rings (SSSR count). The summed E-state index contributed by atoms with van der Waals surface area (Å²) in [4.78, 5) is 25.2. The lowest BCUT2D eigenvalue weighted by Gasteiger charge is -2.28. The van der Waals surface area contributed by atoms with Crippen molar-refractivity contribution in [2.75, 3.05) is 26.4 Å². The van der Waals surface area contributed by atoms with E-state index in [2.05, 4.69) is 54.4 Å². The summed E-state index contributed by atoms with van der Waals surface area (Å²) < 4.78 is 107. The van der Waals surface area contributed by atoms with Crippen LogP contribution in [-0.4, -0.2) is 102 Å². The summed E-state index contributed by atoms with van der Waals surface area (Å²) in [5.74, 6) is 0.202. The Balaban J connectivity index is 1.21. The van der Waals surface area contributed by atoms with E-state index >= 15 is 8.78 Å². The average Bonchev–Trinajstić information content (AvgIpc) is 3.81. The van der Waals surface area contributed by atoms with Gasteiger partial charge in [-0.05, 0) is 12.2 Å². The molecule has 3 fully saturated rings. The summed E-state index contributed by atoms with van der Waals surface area (Å²) in [6.07, 6.45) is -4.72. The van der Waals surface area contributed by atoms with E-state index in [0.29, 0.717) is 0 Å². The Morgan fingerprint density at radius 1 is 0.688 bits per heavy atom. The third kappa shape index (κ3) is 5.91. The second-order valence-corrected chi connectivity index (χ2v) is 16.5. The molecule has 0 spiro atoms. The number of halogens is 2. The van der Waals surface area contributed by atoms with E-state index < -0.39 is 76.0 Å². The largest absolute Gasteiger partial charge is 0.472 e. The summed E-state index contributed by atoms with van der Waals surface area (Å²) in [6.45, 7) is -9.99. The number of rotatable bonds is 0. The molecule has 14 bridgehead atoms. The molecular weight excluding hydrogens is 724 g/mol. The molecule has 0 radical (unpaired) electrons. The highest BCUT2D eigenvalue weighted by atomic mass is 32.7. The zero-order valence-corrected chi connectivity index (χ0v) is 27.7. The molecule has 18 nitrogen and oxygen atoms in total. The Hall–Kier alpha value is -2.78. The van der Waals surface area contributed by atoms with Crippen molar-refractivity contribution in [3.05, 3.63) is 37.5 Å². The second kappa shape index (κ2) is 12.5. The van der Waals surface area contributed by atoms with Crippen molar-refractivity contribution >= 4 is 60.4 Å². The normalized spacial score (nSPS) is 38.0. The van der Waals surface area contributed by atoms with Gasteiger partial charge in [-0.25, -0.2) is 37.8 Å². The van der Waals surface area contributed by atoms with Gasteiger partial charge in [0.1, 0.15) is 50.3 Å². The Morgan fingerprint density at radius 2 is 1.12 bits per heavy atom. The molecule has 2 unspecified atom stereocenters. The van der Waals surface area contributed by atoms with Crippen LogP contribution in [0.2, 0.25) is 0 Å². The van der Waals surface area contributed by atoms with E-state index in [1.807, 2.05) is 0 Å². The van der Waals surface area contributed by atoms with Gasteiger partial charge in [0.15, 0.2) is 47.1 Å². The summed E-state index contributed by atoms with van der Waals surface area (Å²) >= 11 is 8.07. The highest BCUT2D eigenvalue weighted by Crippen LogP contribution is 2.60. The van der Waals surface area contributed by atoms with Crippen molar-refractivity contribution in [3.8, 4) is 11.8 Å². The van der Waals surface area contributed by atoms with Gasteiger partial charge >= 0.3 is 13.6 Å². The number of imidazole rings is 2. The Morgan fingerprint density at radius 3 is 1.56 bits per heavy atom. The van der Waals surface area contributed by atoms with Crippen LogP contribution >= 0.6 is 38.1 Å². The van der Waals surface area contributed by atoms with Crippen LogP contribution in [0, 0.1) is 0 Å². The molecule has 5 aliphatic rings. The fourth-order valence-electron chi connectivity index (χ4n) is 5.69. The van der Waals surface area contributed by atoms with Crippen LogP contribution in [0.4, 0.5) is 8.78 Å². The first-order valence-corrected chi connectivity index (χ1v) is 19.6. The molecule has 0 N–H and O–H groups in total. The van der Waals surface area contributed by atoms with E-state index in [1.165, 1.54) is 34.4 Å². The maximum absolute atomic E-state index is 16.2. The molecule has 4 aromatic rings. The predicted molar refractivity (Wildman–Crippen MR) is 163 cm³/mol. The minimum absolute atomic E-state index is 0.0550. The van der Waals surface area contributed by atoms with E-state index in [9.17, 15) is 9.13 Å². The third-order valence-electron chi connectivity index (χ3n) is 7.85. The molecule has 0 saturated carbocycles. The molecule has 0 aromatic carbocycles. The zero-order chi connectivity index (χ0) is 33.2. The van der Waals surface area contributed by atoms with Crippen LogP contribution in [0.15, 0.2) is 37.5 Å². The number of thiol groups is 2. The van der Waals surface area contributed by atoms with Crippen molar-refractivity contribution in [2.24, 2.45) is 0 Å². The molecule has 256 valence electrons. The maximum atomic E-state index is 16.2. The van der Waals surface area contributed by atoms with E-state index in [1.54, 1.807) is 12.2 Å². The van der Waals surface area contributed by atoms with Gasteiger partial charge in [-0.1, -0.05) is 24.5 Å². The van der Waals surface area contributed by atoms with Gasteiger partial charge in [0.2, 0.25) is 11.8 Å². The minimum atomic E-state index is -4.40. The van der Waals surface area contributed by atoms with Crippen LogP contribution in [0.25, 0.3) is 22.3 Å². The van der Waals surface area contributed by atoms with Gasteiger partial charge in [-0.15, -0.1) is 0 Å². The van der Waals surface area contributed by atoms with Crippen molar-refractivity contribution < 1.29 is 55.0 Å². The summed E-state index contributed by atoms with van der Waals surface area (Å²) in [7, 11) is 0. The zero-order valence-electron chi connectivity index (χ0n) is 24.1. The van der Waals surface area contributed by atoms with Gasteiger partial charge in [0.05, 0.1) is 25.9 Å². The molecule has 0 amide bonds. The molecule has 48 heavy (non-hydrogen) atoms. The maximum Gasteiger partial charge on any atom is 0.386 e. The number of alkyl halides is 2. The third-order valence-corrected chi connectivity index (χ3v) is 11.1. The lowest BCUT2D eigenvalue weighted by atomic mass is 10.1. The molecule has 9 heterocycles. The number of ether oxygens (including phenoxy) is 4. The van der Waals surface area contributed by atoms with Gasteiger partial charge in [-0.2, -0.15) is 9.97 Å². The van der Waals surface area contributed by atoms with Crippen LogP contribution in [0.1, 0.15) is 12.5 Å². The Bertz CT molecular complexity index is 1860. The lowest BCUT2D eigenvalue weighted by molar-refractivity contribution is -0.0544. The van der Waals surface area contributed by atoms with Gasteiger partial charge in [-0.3, -0.25) is 27.2 Å². The van der Waals surface area contributed by atoms with Crippen LogP contribution in [0.5, 0.6) is 11.8 Å². The van der Waals surface area contributed by atoms with Crippen molar-refractivity contribution in [2.45, 2.75) is 49.2 Å². The molecule has 0 aliphatic carbocycles. The van der Waals surface area contributed by atoms with Gasteiger partial charge in [0, 0.05) is 0 Å². The Labute approximate surface area is 278 Å². The number of hydrogen-bond acceptors (Lipinski definition) is 16. The summed E-state index contributed by atoms with van der Waals surface area (Å²) in [6, 6.07) is 0. The number of aromatic nitrogens is 8. The van der Waals surface area contributed by atoms with Gasteiger partial charge in [0.25, 0.3) is 0 Å². The molecule has 10 atom stereocenters. The fraction of sp³-hybridized carbons (Fsp3) is 0.500. The minimum Gasteiger partial charge on any atom is -0.472 e. The van der Waals surface area contributed by atoms with E-state index in [4.69, 9.17) is 37.0 Å². The highest BCUT2D eigenvalue weighted by molar-refractivity contribution is 8.44. The monoisotopic (exact) mass is 748 g/mol. The van der Waals surface area contributed by atoms with Crippen molar-refractivity contribution in [3.63, 3.8) is 0 Å². The fourth-order valence-corrected chi connectivity index (χ4v) is 8.66. The smallest absolute Gasteiger partial charge is 0.386 e. The summed E-state index contributed by atoms with van der Waals surface area (Å²) in [5.41, 5.74) is 0.664. The standard InChI is InChI=1S/C24H24F2N8O10P2S2/c25-13-17-11-5-39-46(36,48)44-18-12(6-40-45(35,47)43-17)42-24(14(18)26)34-10-32-16-20(34)28-8-30-22(16)38-4-2-1-3-37-21-15-19(27-7-29-21)33(9-31-15)23(13)41-11/h1-2,7-14,17-18,23-24H,3-6H2,(H,35,47)(H,36,48)/b2-1+/t11?,12?,13-,14-,17-,18-,23-,24-,45-,46-/m1/s1. The first kappa shape index (κ1) is 32.4. The van der Waals surface area contributed by atoms with E-state index in [-0.39, 0.29) is 47.3 Å². The van der Waals surface area contributed by atoms with Crippen LogP contribution in [-0.2, 0) is 36.7 Å². The molecule has 4 aromatic heterocycles.